The lowest BCUT2D eigenvalue weighted by Crippen LogP contribution is -2.19. The first kappa shape index (κ1) is 15.4. The molecule has 0 amide bonds. The molecule has 1 aromatic rings. The van der Waals surface area contributed by atoms with E-state index >= 15 is 0 Å². The number of esters is 1. The third-order valence-corrected chi connectivity index (χ3v) is 3.27. The SMILES string of the molecule is CCOC(=O)c1cc(F)cc([C@@](C)(I)OCC)c1. The van der Waals surface area contributed by atoms with Crippen molar-refractivity contribution in [3.05, 3.63) is 35.1 Å². The summed E-state index contributed by atoms with van der Waals surface area (Å²) in [6.07, 6.45) is 0. The van der Waals surface area contributed by atoms with E-state index in [1.165, 1.54) is 12.1 Å². The van der Waals surface area contributed by atoms with Crippen LogP contribution in [0.3, 0.4) is 0 Å². The van der Waals surface area contributed by atoms with E-state index in [4.69, 9.17) is 9.47 Å². The highest BCUT2D eigenvalue weighted by Gasteiger charge is 2.25. The van der Waals surface area contributed by atoms with Crippen molar-refractivity contribution in [1.82, 2.24) is 0 Å². The number of carbonyl (C=O) groups is 1. The Balaban J connectivity index is 3.11. The molecule has 0 saturated carbocycles. The summed E-state index contributed by atoms with van der Waals surface area (Å²) in [5.74, 6) is -1.000. The zero-order valence-electron chi connectivity index (χ0n) is 10.6. The van der Waals surface area contributed by atoms with Gasteiger partial charge in [-0.05, 0) is 67.1 Å². The summed E-state index contributed by atoms with van der Waals surface area (Å²) in [5, 5.41) is 0. The van der Waals surface area contributed by atoms with Crippen molar-refractivity contribution in [2.24, 2.45) is 0 Å². The van der Waals surface area contributed by atoms with Crippen molar-refractivity contribution < 1.29 is 18.7 Å². The molecule has 0 unspecified atom stereocenters. The zero-order chi connectivity index (χ0) is 13.8. The Morgan fingerprint density at radius 3 is 2.56 bits per heavy atom. The Morgan fingerprint density at radius 2 is 2.00 bits per heavy atom. The molecular formula is C13H16FIO3. The molecule has 0 bridgehead atoms. The lowest BCUT2D eigenvalue weighted by molar-refractivity contribution is 0.0521. The van der Waals surface area contributed by atoms with Crippen LogP contribution < -0.4 is 0 Å². The van der Waals surface area contributed by atoms with Crippen LogP contribution >= 0.6 is 22.6 Å². The molecule has 0 aliphatic carbocycles. The molecule has 0 radical (unpaired) electrons. The van der Waals surface area contributed by atoms with Gasteiger partial charge in [-0.3, -0.25) is 0 Å². The Hall–Kier alpha value is -0.690. The molecule has 0 fully saturated rings. The molecule has 1 atom stereocenters. The molecule has 0 saturated heterocycles. The number of hydrogen-bond acceptors (Lipinski definition) is 3. The molecule has 1 rings (SSSR count). The molecule has 0 aliphatic rings. The van der Waals surface area contributed by atoms with Crippen LogP contribution in [0.5, 0.6) is 0 Å². The number of alkyl halides is 1. The second-order valence-corrected chi connectivity index (χ2v) is 5.86. The summed E-state index contributed by atoms with van der Waals surface area (Å²) in [6, 6.07) is 4.13. The summed E-state index contributed by atoms with van der Waals surface area (Å²) in [4.78, 5) is 11.6. The Kier molecular flexibility index (Phi) is 5.52. The first-order valence-corrected chi connectivity index (χ1v) is 6.79. The molecule has 0 spiro atoms. The third-order valence-electron chi connectivity index (χ3n) is 2.34. The monoisotopic (exact) mass is 366 g/mol. The van der Waals surface area contributed by atoms with E-state index in [0.29, 0.717) is 12.2 Å². The number of rotatable bonds is 5. The van der Waals surface area contributed by atoms with Gasteiger partial charge in [0, 0.05) is 6.61 Å². The van der Waals surface area contributed by atoms with Crippen molar-refractivity contribution >= 4 is 28.6 Å². The van der Waals surface area contributed by atoms with E-state index in [9.17, 15) is 9.18 Å². The fourth-order valence-corrected chi connectivity index (χ4v) is 2.16. The maximum absolute atomic E-state index is 13.5. The lowest BCUT2D eigenvalue weighted by Gasteiger charge is -2.23. The van der Waals surface area contributed by atoms with E-state index in [0.717, 1.165) is 0 Å². The van der Waals surface area contributed by atoms with Gasteiger partial charge >= 0.3 is 5.97 Å². The van der Waals surface area contributed by atoms with Gasteiger partial charge in [0.1, 0.15) is 9.43 Å². The summed E-state index contributed by atoms with van der Waals surface area (Å²) in [6.45, 7) is 6.16. The Morgan fingerprint density at radius 1 is 1.33 bits per heavy atom. The highest BCUT2D eigenvalue weighted by molar-refractivity contribution is 14.1. The summed E-state index contributed by atoms with van der Waals surface area (Å²) < 4.78 is 23.3. The highest BCUT2D eigenvalue weighted by atomic mass is 127. The van der Waals surface area contributed by atoms with Crippen LogP contribution in [-0.4, -0.2) is 19.2 Å². The Bertz CT molecular complexity index is 432. The minimum Gasteiger partial charge on any atom is -0.462 e. The third kappa shape index (κ3) is 3.91. The molecule has 100 valence electrons. The fourth-order valence-electron chi connectivity index (χ4n) is 1.53. The lowest BCUT2D eigenvalue weighted by atomic mass is 10.1. The molecule has 0 N–H and O–H groups in total. The minimum atomic E-state index is -0.671. The van der Waals surface area contributed by atoms with Crippen LogP contribution in [0.2, 0.25) is 0 Å². The van der Waals surface area contributed by atoms with Gasteiger partial charge in [-0.15, -0.1) is 0 Å². The molecule has 0 aromatic heterocycles. The van der Waals surface area contributed by atoms with Crippen molar-refractivity contribution in [3.63, 3.8) is 0 Å². The van der Waals surface area contributed by atoms with Crippen LogP contribution in [0.15, 0.2) is 18.2 Å². The predicted molar refractivity (Wildman–Crippen MR) is 75.4 cm³/mol. The van der Waals surface area contributed by atoms with E-state index in [1.807, 2.05) is 13.8 Å². The van der Waals surface area contributed by atoms with Crippen LogP contribution in [0.25, 0.3) is 0 Å². The summed E-state index contributed by atoms with van der Waals surface area (Å²) in [7, 11) is 0. The smallest absolute Gasteiger partial charge is 0.338 e. The molecular weight excluding hydrogens is 350 g/mol. The summed E-state index contributed by atoms with van der Waals surface area (Å²) >= 11 is 2.08. The van der Waals surface area contributed by atoms with E-state index in [-0.39, 0.29) is 12.2 Å². The van der Waals surface area contributed by atoms with Crippen molar-refractivity contribution in [1.29, 1.82) is 0 Å². The average molecular weight is 366 g/mol. The van der Waals surface area contributed by atoms with Crippen molar-refractivity contribution in [3.8, 4) is 0 Å². The second kappa shape index (κ2) is 6.47. The summed E-state index contributed by atoms with van der Waals surface area (Å²) in [5.41, 5.74) is 0.808. The van der Waals surface area contributed by atoms with Crippen LogP contribution in [-0.2, 0) is 13.1 Å². The number of carbonyl (C=O) groups excluding carboxylic acids is 1. The normalized spacial score (nSPS) is 14.1. The molecule has 0 aliphatic heterocycles. The van der Waals surface area contributed by atoms with Crippen LogP contribution in [0, 0.1) is 5.82 Å². The van der Waals surface area contributed by atoms with Crippen molar-refractivity contribution in [2.75, 3.05) is 13.2 Å². The van der Waals surface area contributed by atoms with E-state index in [2.05, 4.69) is 22.6 Å². The van der Waals surface area contributed by atoms with Gasteiger partial charge in [0.05, 0.1) is 12.2 Å². The molecule has 3 nitrogen and oxygen atoms in total. The van der Waals surface area contributed by atoms with Crippen LogP contribution in [0.4, 0.5) is 4.39 Å². The van der Waals surface area contributed by atoms with Gasteiger partial charge in [0.25, 0.3) is 0 Å². The van der Waals surface area contributed by atoms with E-state index in [1.54, 1.807) is 13.0 Å². The standard InChI is InChI=1S/C13H16FIO3/c1-4-17-12(16)9-6-10(8-11(14)7-9)13(3,15)18-5-2/h6-8H,4-5H2,1-3H3/t13-/m0/s1. The van der Waals surface area contributed by atoms with Crippen molar-refractivity contribution in [2.45, 2.75) is 24.4 Å². The number of ether oxygens (including phenoxy) is 2. The Labute approximate surface area is 120 Å². The molecule has 0 heterocycles. The largest absolute Gasteiger partial charge is 0.462 e. The maximum Gasteiger partial charge on any atom is 0.338 e. The number of benzene rings is 1. The maximum atomic E-state index is 13.5. The van der Waals surface area contributed by atoms with Crippen LogP contribution in [0.1, 0.15) is 36.7 Å². The minimum absolute atomic E-state index is 0.203. The van der Waals surface area contributed by atoms with Gasteiger partial charge in [-0.1, -0.05) is 0 Å². The topological polar surface area (TPSA) is 35.5 Å². The van der Waals surface area contributed by atoms with Gasteiger partial charge in [-0.25, -0.2) is 9.18 Å². The molecule has 5 heteroatoms. The first-order chi connectivity index (χ1) is 8.40. The predicted octanol–water partition coefficient (Wildman–Crippen LogP) is 3.65. The van der Waals surface area contributed by atoms with Gasteiger partial charge in [0.2, 0.25) is 0 Å². The quantitative estimate of drug-likeness (QED) is 0.454. The number of halogens is 2. The van der Waals surface area contributed by atoms with E-state index < -0.39 is 15.4 Å². The van der Waals surface area contributed by atoms with Gasteiger partial charge < -0.3 is 9.47 Å². The van der Waals surface area contributed by atoms with Gasteiger partial charge in [-0.2, -0.15) is 0 Å². The fraction of sp³-hybridized carbons (Fsp3) is 0.462. The molecule has 18 heavy (non-hydrogen) atoms. The average Bonchev–Trinajstić information content (AvgIpc) is 2.28. The molecule has 1 aromatic carbocycles. The highest BCUT2D eigenvalue weighted by Crippen LogP contribution is 2.33. The number of hydrogen-bond donors (Lipinski definition) is 0. The second-order valence-electron chi connectivity index (χ2n) is 3.80. The van der Waals surface area contributed by atoms with Gasteiger partial charge in [0.15, 0.2) is 0 Å². The first-order valence-electron chi connectivity index (χ1n) is 5.71. The zero-order valence-corrected chi connectivity index (χ0v) is 12.8.